The van der Waals surface area contributed by atoms with Gasteiger partial charge in [0.05, 0.1) is 16.9 Å². The minimum absolute atomic E-state index is 0.0757. The van der Waals surface area contributed by atoms with Crippen LogP contribution >= 0.6 is 0 Å². The normalized spacial score (nSPS) is 20.2. The highest BCUT2D eigenvalue weighted by Gasteiger charge is 2.43. The average Bonchev–Trinajstić information content (AvgIpc) is 3.20. The van der Waals surface area contributed by atoms with E-state index in [-0.39, 0.29) is 18.0 Å². The molecule has 6 rings (SSSR count). The minimum atomic E-state index is -0.216. The van der Waals surface area contributed by atoms with Gasteiger partial charge in [-0.1, -0.05) is 49.6 Å². The molecule has 0 spiro atoms. The largest absolute Gasteiger partial charge is 0.349 e. The molecule has 0 bridgehead atoms. The summed E-state index contributed by atoms with van der Waals surface area (Å²) in [7, 11) is 4.03. The van der Waals surface area contributed by atoms with Gasteiger partial charge in [-0.15, -0.1) is 0 Å². The van der Waals surface area contributed by atoms with E-state index in [1.807, 2.05) is 47.2 Å². The van der Waals surface area contributed by atoms with Crippen LogP contribution < -0.4 is 4.90 Å². The highest BCUT2D eigenvalue weighted by Crippen LogP contribution is 2.44. The zero-order valence-electron chi connectivity index (χ0n) is 20.0. The maximum Gasteiger partial charge on any atom is 0.257 e. The van der Waals surface area contributed by atoms with Gasteiger partial charge in [0.1, 0.15) is 12.7 Å². The molecule has 176 valence electrons. The Morgan fingerprint density at radius 1 is 1.03 bits per heavy atom. The van der Waals surface area contributed by atoms with Crippen LogP contribution in [0.4, 0.5) is 5.69 Å². The number of hydrogen-bond acceptors (Lipinski definition) is 3. The molecule has 3 aromatic rings. The number of nitrogens with zero attached hydrogens (tertiary/aromatic N) is 4. The molecule has 2 aliphatic heterocycles. The summed E-state index contributed by atoms with van der Waals surface area (Å²) in [6.45, 7) is 0.982. The third-order valence-corrected chi connectivity index (χ3v) is 8.21. The van der Waals surface area contributed by atoms with Crippen molar-refractivity contribution in [3.8, 4) is 0 Å². The second kappa shape index (κ2) is 8.19. The van der Waals surface area contributed by atoms with Gasteiger partial charge in [-0.2, -0.15) is 0 Å². The molecule has 1 fully saturated rings. The number of para-hydroxylation sites is 2. The molecular formula is C28H32N4O2. The second-order valence-electron chi connectivity index (χ2n) is 10.0. The smallest absolute Gasteiger partial charge is 0.257 e. The van der Waals surface area contributed by atoms with Gasteiger partial charge in [0.2, 0.25) is 5.91 Å². The van der Waals surface area contributed by atoms with Crippen molar-refractivity contribution >= 4 is 28.4 Å². The molecule has 1 unspecified atom stereocenters. The monoisotopic (exact) mass is 456 g/mol. The number of hydrogen-bond donors (Lipinski definition) is 0. The lowest BCUT2D eigenvalue weighted by Crippen LogP contribution is -2.51. The molecule has 0 saturated heterocycles. The van der Waals surface area contributed by atoms with Crippen LogP contribution in [-0.4, -0.2) is 52.9 Å². The first kappa shape index (κ1) is 21.3. The molecule has 3 heterocycles. The van der Waals surface area contributed by atoms with E-state index in [4.69, 9.17) is 0 Å². The Kier molecular flexibility index (Phi) is 5.12. The van der Waals surface area contributed by atoms with Crippen molar-refractivity contribution in [2.24, 2.45) is 0 Å². The number of likely N-dealkylation sites (N-methyl/N-ethyl adjacent to an activating group) is 1. The summed E-state index contributed by atoms with van der Waals surface area (Å²) < 4.78 is 2.20. The maximum atomic E-state index is 13.6. The molecule has 34 heavy (non-hydrogen) atoms. The Hall–Kier alpha value is -3.28. The van der Waals surface area contributed by atoms with Crippen molar-refractivity contribution in [2.45, 2.75) is 57.3 Å². The molecule has 0 radical (unpaired) electrons. The van der Waals surface area contributed by atoms with Crippen LogP contribution in [0.3, 0.4) is 0 Å². The summed E-state index contributed by atoms with van der Waals surface area (Å²) in [5, 5.41) is 1.20. The highest BCUT2D eigenvalue weighted by atomic mass is 16.2. The number of anilines is 1. The first-order valence-corrected chi connectivity index (χ1v) is 12.5. The number of aromatic nitrogens is 1. The molecule has 2 amide bonds. The zero-order chi connectivity index (χ0) is 23.4. The van der Waals surface area contributed by atoms with E-state index in [1.54, 1.807) is 0 Å². The van der Waals surface area contributed by atoms with E-state index in [2.05, 4.69) is 34.7 Å². The minimum Gasteiger partial charge on any atom is -0.349 e. The molecule has 0 N–H and O–H groups in total. The van der Waals surface area contributed by atoms with Crippen LogP contribution in [0.15, 0.2) is 48.5 Å². The first-order chi connectivity index (χ1) is 16.6. The van der Waals surface area contributed by atoms with Gasteiger partial charge in [-0.05, 0) is 43.0 Å². The number of fused-ring (bicyclic) bond motifs is 6. The first-order valence-electron chi connectivity index (χ1n) is 12.5. The summed E-state index contributed by atoms with van der Waals surface area (Å²) in [5.41, 5.74) is 5.14. The standard InChI is InChI=1S/C28H32N4O2/c1-29(19-10-4-3-5-11-19)25(33)18-32-24-15-9-6-12-20(24)21-16-17-31-27(26(21)32)30(2)23-14-8-7-13-22(23)28(31)34/h6-9,12-15,19,27H,3-5,10-11,16-18H2,1-2H3. The quantitative estimate of drug-likeness (QED) is 0.580. The third kappa shape index (κ3) is 3.15. The number of rotatable bonds is 3. The molecule has 6 nitrogen and oxygen atoms in total. The average molecular weight is 457 g/mol. The molecule has 2 aromatic carbocycles. The van der Waals surface area contributed by atoms with Gasteiger partial charge >= 0.3 is 0 Å². The Morgan fingerprint density at radius 2 is 1.76 bits per heavy atom. The molecule has 1 aliphatic carbocycles. The van der Waals surface area contributed by atoms with Crippen molar-refractivity contribution in [1.82, 2.24) is 14.4 Å². The van der Waals surface area contributed by atoms with Gasteiger partial charge in [-0.25, -0.2) is 0 Å². The fourth-order valence-corrected chi connectivity index (χ4v) is 6.40. The number of benzene rings is 2. The summed E-state index contributed by atoms with van der Waals surface area (Å²) >= 11 is 0. The Morgan fingerprint density at radius 3 is 2.59 bits per heavy atom. The SMILES string of the molecule is CN(C(=O)Cn1c2c(c3ccccc31)CCN1C(=O)c3ccccc3N(C)C21)C1CCCCC1. The zero-order valence-corrected chi connectivity index (χ0v) is 20.0. The lowest BCUT2D eigenvalue weighted by atomic mass is 9.94. The molecule has 6 heteroatoms. The Balaban J connectivity index is 1.45. The molecule has 1 atom stereocenters. The lowest BCUT2D eigenvalue weighted by Gasteiger charge is -2.46. The van der Waals surface area contributed by atoms with E-state index in [1.165, 1.54) is 30.2 Å². The predicted octanol–water partition coefficient (Wildman–Crippen LogP) is 4.58. The van der Waals surface area contributed by atoms with Gasteiger partial charge in [0.15, 0.2) is 0 Å². The van der Waals surface area contributed by atoms with E-state index in [0.29, 0.717) is 19.1 Å². The third-order valence-electron chi connectivity index (χ3n) is 8.21. The van der Waals surface area contributed by atoms with Crippen LogP contribution in [0, 0.1) is 0 Å². The van der Waals surface area contributed by atoms with Crippen molar-refractivity contribution < 1.29 is 9.59 Å². The molecular weight excluding hydrogens is 424 g/mol. The highest BCUT2D eigenvalue weighted by molar-refractivity contribution is 6.02. The van der Waals surface area contributed by atoms with Gasteiger partial charge < -0.3 is 19.3 Å². The van der Waals surface area contributed by atoms with Crippen molar-refractivity contribution in [3.05, 3.63) is 65.4 Å². The van der Waals surface area contributed by atoms with Crippen LogP contribution in [-0.2, 0) is 17.8 Å². The summed E-state index contributed by atoms with van der Waals surface area (Å²) in [5.74, 6) is 0.226. The topological polar surface area (TPSA) is 48.8 Å². The summed E-state index contributed by atoms with van der Waals surface area (Å²) in [4.78, 5) is 33.2. The van der Waals surface area contributed by atoms with Gasteiger partial charge in [0.25, 0.3) is 5.91 Å². The number of amides is 2. The fourth-order valence-electron chi connectivity index (χ4n) is 6.40. The van der Waals surface area contributed by atoms with E-state index in [9.17, 15) is 9.59 Å². The van der Waals surface area contributed by atoms with Crippen LogP contribution in [0.25, 0.3) is 10.9 Å². The predicted molar refractivity (Wildman–Crippen MR) is 134 cm³/mol. The molecule has 1 saturated carbocycles. The number of carbonyl (C=O) groups excluding carboxylic acids is 2. The summed E-state index contributed by atoms with van der Waals surface area (Å²) in [6, 6.07) is 16.6. The van der Waals surface area contributed by atoms with Gasteiger partial charge in [-0.3, -0.25) is 9.59 Å². The Bertz CT molecular complexity index is 1270. The Labute approximate surface area is 200 Å². The van der Waals surface area contributed by atoms with E-state index in [0.717, 1.165) is 41.7 Å². The van der Waals surface area contributed by atoms with Crippen molar-refractivity contribution in [3.63, 3.8) is 0 Å². The van der Waals surface area contributed by atoms with Crippen LogP contribution in [0.5, 0.6) is 0 Å². The summed E-state index contributed by atoms with van der Waals surface area (Å²) in [6.07, 6.45) is 6.45. The second-order valence-corrected chi connectivity index (χ2v) is 10.0. The molecule has 1 aromatic heterocycles. The van der Waals surface area contributed by atoms with E-state index < -0.39 is 0 Å². The van der Waals surface area contributed by atoms with Gasteiger partial charge in [0, 0.05) is 37.6 Å². The number of carbonyl (C=O) groups is 2. The lowest BCUT2D eigenvalue weighted by molar-refractivity contribution is -0.133. The van der Waals surface area contributed by atoms with Crippen LogP contribution in [0.2, 0.25) is 0 Å². The van der Waals surface area contributed by atoms with Crippen molar-refractivity contribution in [2.75, 3.05) is 25.5 Å². The van der Waals surface area contributed by atoms with Crippen molar-refractivity contribution in [1.29, 1.82) is 0 Å². The maximum absolute atomic E-state index is 13.6. The fraction of sp³-hybridized carbons (Fsp3) is 0.429. The molecule has 3 aliphatic rings. The van der Waals surface area contributed by atoms with E-state index >= 15 is 0 Å². The van der Waals surface area contributed by atoms with Crippen LogP contribution in [0.1, 0.15) is 59.9 Å².